The lowest BCUT2D eigenvalue weighted by atomic mass is 10.2. The Hall–Kier alpha value is -1.28. The monoisotopic (exact) mass is 178 g/mol. The maximum absolute atomic E-state index is 5.90. The van der Waals surface area contributed by atoms with Gasteiger partial charge in [0, 0.05) is 5.56 Å². The number of hydrogen-bond donors (Lipinski definition) is 0. The molecule has 0 unspecified atom stereocenters. The average molecular weight is 179 g/mol. The molecule has 1 aromatic heterocycles. The zero-order chi connectivity index (χ0) is 8.39. The number of halogens is 1. The van der Waals surface area contributed by atoms with Crippen LogP contribution in [0.3, 0.4) is 0 Å². The van der Waals surface area contributed by atoms with Crippen LogP contribution in [0.4, 0.5) is 0 Å². The SMILES string of the molecule is Clc1c[c]ccc1-c1cnco1. The Balaban J connectivity index is 2.55. The topological polar surface area (TPSA) is 26.0 Å². The molecular weight excluding hydrogens is 174 g/mol. The molecule has 3 heteroatoms. The summed E-state index contributed by atoms with van der Waals surface area (Å²) in [5.74, 6) is 0.675. The summed E-state index contributed by atoms with van der Waals surface area (Å²) in [5, 5.41) is 0.620. The first-order valence-electron chi connectivity index (χ1n) is 3.42. The van der Waals surface area contributed by atoms with Gasteiger partial charge in [0.05, 0.1) is 11.2 Å². The van der Waals surface area contributed by atoms with Crippen LogP contribution in [0.15, 0.2) is 35.2 Å². The maximum atomic E-state index is 5.90. The minimum Gasteiger partial charge on any atom is -0.443 e. The first-order valence-corrected chi connectivity index (χ1v) is 3.80. The number of oxazole rings is 1. The summed E-state index contributed by atoms with van der Waals surface area (Å²) in [7, 11) is 0. The number of hydrogen-bond acceptors (Lipinski definition) is 2. The molecule has 0 N–H and O–H groups in total. The second kappa shape index (κ2) is 2.99. The average Bonchev–Trinajstić information content (AvgIpc) is 2.57. The van der Waals surface area contributed by atoms with Crippen molar-refractivity contribution in [2.75, 3.05) is 0 Å². The molecule has 0 saturated carbocycles. The Bertz CT molecular complexity index is 370. The van der Waals surface area contributed by atoms with Crippen molar-refractivity contribution in [1.29, 1.82) is 0 Å². The van der Waals surface area contributed by atoms with Crippen LogP contribution >= 0.6 is 11.6 Å². The molecule has 1 radical (unpaired) electrons. The van der Waals surface area contributed by atoms with Crippen LogP contribution in [-0.4, -0.2) is 4.98 Å². The van der Waals surface area contributed by atoms with Crippen LogP contribution in [0.25, 0.3) is 11.3 Å². The van der Waals surface area contributed by atoms with E-state index in [0.29, 0.717) is 10.8 Å². The van der Waals surface area contributed by atoms with Gasteiger partial charge in [0.25, 0.3) is 0 Å². The quantitative estimate of drug-likeness (QED) is 0.671. The molecule has 2 nitrogen and oxygen atoms in total. The fourth-order valence-electron chi connectivity index (χ4n) is 0.959. The molecule has 0 atom stereocenters. The molecule has 0 aliphatic rings. The molecule has 1 heterocycles. The molecule has 0 aliphatic heterocycles. The first-order chi connectivity index (χ1) is 5.88. The van der Waals surface area contributed by atoms with Crippen molar-refractivity contribution >= 4 is 11.6 Å². The molecule has 1 aromatic carbocycles. The van der Waals surface area contributed by atoms with Gasteiger partial charge in [-0.1, -0.05) is 17.7 Å². The smallest absolute Gasteiger partial charge is 0.181 e. The predicted molar refractivity (Wildman–Crippen MR) is 45.8 cm³/mol. The normalized spacial score (nSPS) is 10.1. The molecule has 0 amide bonds. The summed E-state index contributed by atoms with van der Waals surface area (Å²) in [4.78, 5) is 3.80. The fourth-order valence-corrected chi connectivity index (χ4v) is 1.18. The molecule has 0 bridgehead atoms. The molecule has 2 rings (SSSR count). The zero-order valence-electron chi connectivity index (χ0n) is 6.12. The number of benzene rings is 1. The summed E-state index contributed by atoms with van der Waals surface area (Å²) < 4.78 is 5.09. The van der Waals surface area contributed by atoms with Crippen molar-refractivity contribution in [1.82, 2.24) is 4.98 Å². The summed E-state index contributed by atoms with van der Waals surface area (Å²) in [6.07, 6.45) is 3.00. The van der Waals surface area contributed by atoms with Crippen LogP contribution in [0, 0.1) is 6.07 Å². The van der Waals surface area contributed by atoms with E-state index in [1.165, 1.54) is 6.39 Å². The minimum absolute atomic E-state index is 0.620. The molecule has 0 saturated heterocycles. The fraction of sp³-hybridized carbons (Fsp3) is 0. The zero-order valence-corrected chi connectivity index (χ0v) is 6.88. The van der Waals surface area contributed by atoms with Crippen LogP contribution in [0.2, 0.25) is 5.02 Å². The number of nitrogens with zero attached hydrogens (tertiary/aromatic N) is 1. The van der Waals surface area contributed by atoms with E-state index < -0.39 is 0 Å². The first kappa shape index (κ1) is 7.37. The molecule has 12 heavy (non-hydrogen) atoms. The Labute approximate surface area is 74.8 Å². The highest BCUT2D eigenvalue weighted by Gasteiger charge is 2.04. The van der Waals surface area contributed by atoms with Crippen molar-refractivity contribution in [2.45, 2.75) is 0 Å². The highest BCUT2D eigenvalue weighted by molar-refractivity contribution is 6.33. The van der Waals surface area contributed by atoms with E-state index in [4.69, 9.17) is 16.0 Å². The van der Waals surface area contributed by atoms with Gasteiger partial charge in [-0.15, -0.1) is 0 Å². The van der Waals surface area contributed by atoms with E-state index in [2.05, 4.69) is 11.1 Å². The summed E-state index contributed by atoms with van der Waals surface area (Å²) >= 11 is 5.90. The Morgan fingerprint density at radius 3 is 3.08 bits per heavy atom. The molecule has 0 aliphatic carbocycles. The molecule has 2 aromatic rings. The molecular formula is C9H5ClNO. The van der Waals surface area contributed by atoms with Crippen molar-refractivity contribution < 1.29 is 4.42 Å². The van der Waals surface area contributed by atoms with Gasteiger partial charge in [-0.3, -0.25) is 0 Å². The lowest BCUT2D eigenvalue weighted by Crippen LogP contribution is -1.74. The second-order valence-electron chi connectivity index (χ2n) is 2.27. The Kier molecular flexibility index (Phi) is 1.84. The van der Waals surface area contributed by atoms with Crippen LogP contribution in [-0.2, 0) is 0 Å². The van der Waals surface area contributed by atoms with Gasteiger partial charge in [-0.2, -0.15) is 0 Å². The summed E-state index contributed by atoms with van der Waals surface area (Å²) in [5.41, 5.74) is 0.841. The van der Waals surface area contributed by atoms with Gasteiger partial charge in [0.1, 0.15) is 0 Å². The van der Waals surface area contributed by atoms with E-state index in [1.807, 2.05) is 6.07 Å². The van der Waals surface area contributed by atoms with E-state index >= 15 is 0 Å². The van der Waals surface area contributed by atoms with Crippen LogP contribution in [0.1, 0.15) is 0 Å². The Morgan fingerprint density at radius 1 is 1.50 bits per heavy atom. The third-order valence-corrected chi connectivity index (χ3v) is 1.82. The van der Waals surface area contributed by atoms with Gasteiger partial charge in [-0.05, 0) is 18.2 Å². The third kappa shape index (κ3) is 1.21. The lowest BCUT2D eigenvalue weighted by molar-refractivity contribution is 0.572. The largest absolute Gasteiger partial charge is 0.443 e. The highest BCUT2D eigenvalue weighted by atomic mass is 35.5. The lowest BCUT2D eigenvalue weighted by Gasteiger charge is -1.96. The van der Waals surface area contributed by atoms with E-state index in [-0.39, 0.29) is 0 Å². The minimum atomic E-state index is 0.620. The molecule has 59 valence electrons. The highest BCUT2D eigenvalue weighted by Crippen LogP contribution is 2.26. The van der Waals surface area contributed by atoms with Gasteiger partial charge < -0.3 is 4.42 Å². The molecule has 0 fully saturated rings. The van der Waals surface area contributed by atoms with Crippen LogP contribution in [0.5, 0.6) is 0 Å². The second-order valence-corrected chi connectivity index (χ2v) is 2.68. The number of rotatable bonds is 1. The Morgan fingerprint density at radius 2 is 2.42 bits per heavy atom. The van der Waals surface area contributed by atoms with Crippen molar-refractivity contribution in [3.8, 4) is 11.3 Å². The summed E-state index contributed by atoms with van der Waals surface area (Å²) in [6.45, 7) is 0. The van der Waals surface area contributed by atoms with Crippen LogP contribution < -0.4 is 0 Å². The van der Waals surface area contributed by atoms with E-state index in [1.54, 1.807) is 18.3 Å². The van der Waals surface area contributed by atoms with Crippen molar-refractivity contribution in [3.05, 3.63) is 41.9 Å². The third-order valence-electron chi connectivity index (χ3n) is 1.51. The van der Waals surface area contributed by atoms with E-state index in [0.717, 1.165) is 5.56 Å². The van der Waals surface area contributed by atoms with Gasteiger partial charge >= 0.3 is 0 Å². The summed E-state index contributed by atoms with van der Waals surface area (Å²) in [6, 6.07) is 8.18. The molecule has 0 spiro atoms. The number of aromatic nitrogens is 1. The van der Waals surface area contributed by atoms with Gasteiger partial charge in [0.15, 0.2) is 12.2 Å². The van der Waals surface area contributed by atoms with E-state index in [9.17, 15) is 0 Å². The van der Waals surface area contributed by atoms with Gasteiger partial charge in [0.2, 0.25) is 0 Å². The predicted octanol–water partition coefficient (Wildman–Crippen LogP) is 2.80. The van der Waals surface area contributed by atoms with Crippen molar-refractivity contribution in [2.24, 2.45) is 0 Å². The van der Waals surface area contributed by atoms with Crippen molar-refractivity contribution in [3.63, 3.8) is 0 Å². The standard InChI is InChI=1S/C9H5ClNO/c10-8-4-2-1-3-7(8)9-5-11-6-12-9/h1,3-6H. The van der Waals surface area contributed by atoms with Gasteiger partial charge in [-0.25, -0.2) is 4.98 Å². The maximum Gasteiger partial charge on any atom is 0.181 e.